The molecular formula is C15H9ClF2N2O5. The summed E-state index contributed by atoms with van der Waals surface area (Å²) < 4.78 is 31.4. The molecule has 0 heterocycles. The Hall–Kier alpha value is -3.07. The van der Waals surface area contributed by atoms with E-state index in [-0.39, 0.29) is 10.6 Å². The zero-order chi connectivity index (χ0) is 18.6. The number of hydrogen-bond donors (Lipinski definition) is 1. The number of nitro benzene ring substituents is 1. The third-order valence-electron chi connectivity index (χ3n) is 2.94. The molecule has 1 amide bonds. The van der Waals surface area contributed by atoms with Crippen molar-refractivity contribution in [2.45, 2.75) is 0 Å². The fourth-order valence-electron chi connectivity index (χ4n) is 1.79. The molecule has 2 aromatic rings. The molecule has 7 nitrogen and oxygen atoms in total. The molecule has 0 aliphatic carbocycles. The molecule has 0 aliphatic heterocycles. The molecule has 0 saturated carbocycles. The van der Waals surface area contributed by atoms with E-state index in [1.165, 1.54) is 6.07 Å². The summed E-state index contributed by atoms with van der Waals surface area (Å²) in [7, 11) is 0. The average molecular weight is 371 g/mol. The monoisotopic (exact) mass is 370 g/mol. The van der Waals surface area contributed by atoms with E-state index in [1.54, 1.807) is 0 Å². The van der Waals surface area contributed by atoms with E-state index in [2.05, 4.69) is 4.74 Å². The minimum Gasteiger partial charge on any atom is -0.452 e. The van der Waals surface area contributed by atoms with Gasteiger partial charge in [-0.15, -0.1) is 0 Å². The second-order valence-corrected chi connectivity index (χ2v) is 5.05. The van der Waals surface area contributed by atoms with Crippen LogP contribution in [0.1, 0.15) is 10.4 Å². The van der Waals surface area contributed by atoms with Gasteiger partial charge in [-0.25, -0.2) is 13.6 Å². The van der Waals surface area contributed by atoms with Gasteiger partial charge in [0.15, 0.2) is 6.61 Å². The van der Waals surface area contributed by atoms with Crippen molar-refractivity contribution < 1.29 is 28.0 Å². The number of rotatable bonds is 5. The van der Waals surface area contributed by atoms with Gasteiger partial charge in [-0.3, -0.25) is 14.9 Å². The fourth-order valence-corrected chi connectivity index (χ4v) is 1.97. The Kier molecular flexibility index (Phi) is 5.60. The summed E-state index contributed by atoms with van der Waals surface area (Å²) in [6.45, 7) is -0.844. The highest BCUT2D eigenvalue weighted by atomic mass is 35.5. The van der Waals surface area contributed by atoms with E-state index < -0.39 is 46.4 Å². The van der Waals surface area contributed by atoms with Crippen molar-refractivity contribution in [3.05, 3.63) is 68.7 Å². The summed E-state index contributed by atoms with van der Waals surface area (Å²) in [6.07, 6.45) is 0. The van der Waals surface area contributed by atoms with E-state index in [9.17, 15) is 28.5 Å². The summed E-state index contributed by atoms with van der Waals surface area (Å²) in [5.41, 5.74) is -1.39. The van der Waals surface area contributed by atoms with Crippen LogP contribution in [0.25, 0.3) is 0 Å². The first-order valence-corrected chi connectivity index (χ1v) is 7.02. The van der Waals surface area contributed by atoms with Gasteiger partial charge in [0.25, 0.3) is 11.6 Å². The number of hydrogen-bond acceptors (Lipinski definition) is 5. The largest absolute Gasteiger partial charge is 0.452 e. The summed E-state index contributed by atoms with van der Waals surface area (Å²) >= 11 is 5.61. The second kappa shape index (κ2) is 7.67. The molecule has 0 aliphatic rings. The van der Waals surface area contributed by atoms with Gasteiger partial charge < -0.3 is 10.1 Å². The van der Waals surface area contributed by atoms with Crippen molar-refractivity contribution in [1.82, 2.24) is 0 Å². The Bertz CT molecular complexity index is 840. The number of carbonyl (C=O) groups is 2. The van der Waals surface area contributed by atoms with Crippen molar-refractivity contribution >= 4 is 34.9 Å². The lowest BCUT2D eigenvalue weighted by Crippen LogP contribution is -2.22. The zero-order valence-electron chi connectivity index (χ0n) is 12.3. The van der Waals surface area contributed by atoms with Crippen molar-refractivity contribution in [2.75, 3.05) is 11.9 Å². The lowest BCUT2D eigenvalue weighted by Gasteiger charge is -2.08. The zero-order valence-corrected chi connectivity index (χ0v) is 13.0. The maximum atomic E-state index is 13.4. The second-order valence-electron chi connectivity index (χ2n) is 4.64. The Labute approximate surface area is 144 Å². The molecule has 2 aromatic carbocycles. The number of esters is 1. The lowest BCUT2D eigenvalue weighted by molar-refractivity contribution is -0.384. The molecule has 0 saturated heterocycles. The van der Waals surface area contributed by atoms with Crippen LogP contribution in [0.5, 0.6) is 0 Å². The summed E-state index contributed by atoms with van der Waals surface area (Å²) in [5, 5.41) is 12.5. The molecule has 1 N–H and O–H groups in total. The van der Waals surface area contributed by atoms with Gasteiger partial charge in [0.2, 0.25) is 0 Å². The van der Waals surface area contributed by atoms with Crippen molar-refractivity contribution in [2.24, 2.45) is 0 Å². The number of nitrogens with one attached hydrogen (secondary N) is 1. The molecular weight excluding hydrogens is 362 g/mol. The first-order chi connectivity index (χ1) is 11.8. The highest BCUT2D eigenvalue weighted by Crippen LogP contribution is 2.25. The molecule has 25 heavy (non-hydrogen) atoms. The predicted octanol–water partition coefficient (Wildman–Crippen LogP) is 3.32. The molecule has 0 aromatic heterocycles. The molecule has 0 atom stereocenters. The van der Waals surface area contributed by atoms with Gasteiger partial charge >= 0.3 is 5.97 Å². The van der Waals surface area contributed by atoms with E-state index in [0.717, 1.165) is 30.3 Å². The van der Waals surface area contributed by atoms with Crippen LogP contribution in [-0.2, 0) is 9.53 Å². The first kappa shape index (κ1) is 18.3. The van der Waals surface area contributed by atoms with E-state index in [0.29, 0.717) is 0 Å². The Morgan fingerprint density at radius 1 is 1.20 bits per heavy atom. The smallest absolute Gasteiger partial charge is 0.338 e. The summed E-state index contributed by atoms with van der Waals surface area (Å²) in [5.74, 6) is -4.01. The van der Waals surface area contributed by atoms with Crippen LogP contribution in [0, 0.1) is 21.7 Å². The number of amides is 1. The maximum absolute atomic E-state index is 13.4. The van der Waals surface area contributed by atoms with Crippen molar-refractivity contribution in [3.63, 3.8) is 0 Å². The van der Waals surface area contributed by atoms with E-state index in [4.69, 9.17) is 11.6 Å². The number of nitrogens with zero attached hydrogens (tertiary/aromatic N) is 1. The maximum Gasteiger partial charge on any atom is 0.338 e. The van der Waals surface area contributed by atoms with Crippen LogP contribution in [0.2, 0.25) is 5.02 Å². The number of carbonyl (C=O) groups excluding carboxylic acids is 2. The quantitative estimate of drug-likeness (QED) is 0.494. The summed E-state index contributed by atoms with van der Waals surface area (Å²) in [6, 6.07) is 6.19. The molecule has 0 unspecified atom stereocenters. The van der Waals surface area contributed by atoms with Gasteiger partial charge in [0.1, 0.15) is 22.3 Å². The Morgan fingerprint density at radius 3 is 2.44 bits per heavy atom. The Balaban J connectivity index is 2.01. The standard InChI is InChI=1S/C15H9ClF2N2O5/c16-9-5-4-8(6-12(9)20(23)24)15(22)25-7-13(21)19-14-10(17)2-1-3-11(14)18/h1-6H,7H2,(H,19,21). The van der Waals surface area contributed by atoms with E-state index in [1.807, 2.05) is 5.32 Å². The molecule has 2 rings (SSSR count). The third-order valence-corrected chi connectivity index (χ3v) is 3.26. The molecule has 10 heteroatoms. The van der Waals surface area contributed by atoms with Crippen LogP contribution >= 0.6 is 11.6 Å². The minimum atomic E-state index is -1.04. The number of anilines is 1. The van der Waals surface area contributed by atoms with Crippen LogP contribution in [0.15, 0.2) is 36.4 Å². The third kappa shape index (κ3) is 4.48. The number of ether oxygens (including phenoxy) is 1. The lowest BCUT2D eigenvalue weighted by atomic mass is 10.2. The van der Waals surface area contributed by atoms with Crippen LogP contribution in [0.3, 0.4) is 0 Å². The van der Waals surface area contributed by atoms with Crippen LogP contribution in [0.4, 0.5) is 20.2 Å². The average Bonchev–Trinajstić information content (AvgIpc) is 2.56. The number of nitro groups is 1. The molecule has 0 radical (unpaired) electrons. The SMILES string of the molecule is O=C(COC(=O)c1ccc(Cl)c([N+](=O)[O-])c1)Nc1c(F)cccc1F. The fraction of sp³-hybridized carbons (Fsp3) is 0.0667. The van der Waals surface area contributed by atoms with Gasteiger partial charge in [-0.2, -0.15) is 0 Å². The first-order valence-electron chi connectivity index (χ1n) is 6.64. The van der Waals surface area contributed by atoms with Crippen LogP contribution < -0.4 is 5.32 Å². The predicted molar refractivity (Wildman–Crippen MR) is 83.4 cm³/mol. The summed E-state index contributed by atoms with van der Waals surface area (Å²) in [4.78, 5) is 33.4. The highest BCUT2D eigenvalue weighted by molar-refractivity contribution is 6.32. The van der Waals surface area contributed by atoms with Crippen molar-refractivity contribution in [3.8, 4) is 0 Å². The normalized spacial score (nSPS) is 10.2. The highest BCUT2D eigenvalue weighted by Gasteiger charge is 2.18. The number of para-hydroxylation sites is 1. The topological polar surface area (TPSA) is 98.5 Å². The number of halogens is 3. The van der Waals surface area contributed by atoms with Gasteiger partial charge in [0, 0.05) is 6.07 Å². The van der Waals surface area contributed by atoms with Crippen LogP contribution in [-0.4, -0.2) is 23.4 Å². The van der Waals surface area contributed by atoms with Gasteiger partial charge in [-0.1, -0.05) is 17.7 Å². The van der Waals surface area contributed by atoms with Gasteiger partial charge in [-0.05, 0) is 24.3 Å². The Morgan fingerprint density at radius 2 is 1.84 bits per heavy atom. The molecule has 130 valence electrons. The number of benzene rings is 2. The minimum absolute atomic E-state index is 0.172. The van der Waals surface area contributed by atoms with Crippen molar-refractivity contribution in [1.29, 1.82) is 0 Å². The molecule has 0 bridgehead atoms. The molecule has 0 fully saturated rings. The van der Waals surface area contributed by atoms with Gasteiger partial charge in [0.05, 0.1) is 10.5 Å². The van der Waals surface area contributed by atoms with E-state index >= 15 is 0 Å². The molecule has 0 spiro atoms.